The van der Waals surface area contributed by atoms with Crippen molar-refractivity contribution in [2.24, 2.45) is 7.05 Å². The van der Waals surface area contributed by atoms with Crippen molar-refractivity contribution in [1.82, 2.24) is 15.1 Å². The van der Waals surface area contributed by atoms with Crippen molar-refractivity contribution in [1.29, 1.82) is 0 Å². The first-order valence-corrected chi connectivity index (χ1v) is 10.5. The molecule has 2 aromatic rings. The zero-order valence-electron chi connectivity index (χ0n) is 14.0. The van der Waals surface area contributed by atoms with Crippen LogP contribution in [0.5, 0.6) is 0 Å². The molecule has 26 heavy (non-hydrogen) atoms. The number of nitrogens with zero attached hydrogens (tertiary/aromatic N) is 2. The second-order valence-corrected chi connectivity index (χ2v) is 9.17. The van der Waals surface area contributed by atoms with Crippen molar-refractivity contribution in [2.45, 2.75) is 13.0 Å². The molecule has 1 aromatic carbocycles. The van der Waals surface area contributed by atoms with Gasteiger partial charge in [0.2, 0.25) is 0 Å². The first kappa shape index (κ1) is 21.0. The Bertz CT molecular complexity index is 891. The summed E-state index contributed by atoms with van der Waals surface area (Å²) in [6.07, 6.45) is -1.10. The molecule has 1 amide bonds. The van der Waals surface area contributed by atoms with Gasteiger partial charge in [0.25, 0.3) is 0 Å². The summed E-state index contributed by atoms with van der Waals surface area (Å²) in [5.41, 5.74) is 0.00849. The third-order valence-corrected chi connectivity index (χ3v) is 7.06. The van der Waals surface area contributed by atoms with E-state index >= 15 is 0 Å². The minimum atomic E-state index is -1.10. The first-order valence-electron chi connectivity index (χ1n) is 7.56. The molecule has 0 aliphatic carbocycles. The van der Waals surface area contributed by atoms with E-state index < -0.39 is 34.4 Å². The summed E-state index contributed by atoms with van der Waals surface area (Å²) in [5, 5.41) is 24.7. The number of amides is 1. The number of rotatable bonds is 6. The van der Waals surface area contributed by atoms with Crippen molar-refractivity contribution < 1.29 is 19.4 Å². The minimum absolute atomic E-state index is 0.0210. The predicted octanol–water partition coefficient (Wildman–Crippen LogP) is -1.43. The monoisotopic (exact) mass is 536 g/mol. The van der Waals surface area contributed by atoms with Crippen molar-refractivity contribution >= 4 is 53.0 Å². The number of aliphatic hydroxyl groups is 2. The molecule has 2 rings (SSSR count). The van der Waals surface area contributed by atoms with Gasteiger partial charge in [-0.1, -0.05) is 0 Å². The molecule has 7 nitrogen and oxygen atoms in total. The van der Waals surface area contributed by atoms with Gasteiger partial charge in [0, 0.05) is 0 Å². The van der Waals surface area contributed by atoms with Gasteiger partial charge in [-0.05, 0) is 0 Å². The molecule has 0 bridgehead atoms. The van der Waals surface area contributed by atoms with Crippen molar-refractivity contribution in [3.05, 3.63) is 49.2 Å². The maximum atomic E-state index is 14.2. The van der Waals surface area contributed by atoms with Gasteiger partial charge in [-0.3, -0.25) is 0 Å². The van der Waals surface area contributed by atoms with E-state index in [2.05, 4.69) is 10.4 Å². The molecule has 1 heterocycles. The SMILES string of the molecule is Cc1c([As]c2ccc(I)cc2F)c(C(=O)NC[C@H](O)CO)nn(C)c1=O. The van der Waals surface area contributed by atoms with Crippen molar-refractivity contribution in [2.75, 3.05) is 13.2 Å². The standard InChI is InChI=1S/C16H17AsFIN3O4/c1-8-13(17-11-4-3-9(19)5-12(11)18)14(21-22(2)16(8)26)15(25)20-6-10(24)7-23/h3-5,10,23-24H,6-7H2,1-2H3,(H,20,25)/t10-/m0/s1. The molecule has 0 fully saturated rings. The van der Waals surface area contributed by atoms with Crippen LogP contribution in [-0.4, -0.2) is 60.9 Å². The number of aromatic nitrogens is 2. The summed E-state index contributed by atoms with van der Waals surface area (Å²) in [4.78, 5) is 24.7. The molecule has 1 aromatic heterocycles. The molecule has 0 saturated carbocycles. The maximum absolute atomic E-state index is 14.2. The Balaban J connectivity index is 2.44. The van der Waals surface area contributed by atoms with Gasteiger partial charge in [-0.2, -0.15) is 0 Å². The number of carbonyl (C=O) groups excluding carboxylic acids is 1. The quantitative estimate of drug-likeness (QED) is 0.311. The van der Waals surface area contributed by atoms with Crippen LogP contribution in [-0.2, 0) is 7.05 Å². The molecule has 0 saturated heterocycles. The Labute approximate surface area is 169 Å². The van der Waals surface area contributed by atoms with Gasteiger partial charge in [0.15, 0.2) is 0 Å². The van der Waals surface area contributed by atoms with Crippen LogP contribution < -0.4 is 19.6 Å². The third-order valence-electron chi connectivity index (χ3n) is 3.51. The molecular weight excluding hydrogens is 519 g/mol. The van der Waals surface area contributed by atoms with Gasteiger partial charge in [0.05, 0.1) is 0 Å². The summed E-state index contributed by atoms with van der Waals surface area (Å²) in [6, 6.07) is 4.80. The topological polar surface area (TPSA) is 104 Å². The molecule has 139 valence electrons. The van der Waals surface area contributed by atoms with Crippen LogP contribution in [0.15, 0.2) is 23.0 Å². The van der Waals surface area contributed by atoms with E-state index in [1.807, 2.05) is 22.6 Å². The molecule has 3 N–H and O–H groups in total. The molecule has 10 heteroatoms. The van der Waals surface area contributed by atoms with Gasteiger partial charge >= 0.3 is 170 Å². The van der Waals surface area contributed by atoms with Gasteiger partial charge in [-0.25, -0.2) is 0 Å². The van der Waals surface area contributed by atoms with Crippen LogP contribution in [0.2, 0.25) is 0 Å². The second-order valence-electron chi connectivity index (χ2n) is 5.50. The van der Waals surface area contributed by atoms with E-state index in [9.17, 15) is 19.1 Å². The Morgan fingerprint density at radius 3 is 2.81 bits per heavy atom. The molecule has 1 radical (unpaired) electrons. The molecule has 0 aliphatic rings. The van der Waals surface area contributed by atoms with Crippen LogP contribution in [0.1, 0.15) is 16.1 Å². The van der Waals surface area contributed by atoms with Gasteiger partial charge in [-0.15, -0.1) is 0 Å². The number of aliphatic hydroxyl groups excluding tert-OH is 2. The average Bonchev–Trinajstić information content (AvgIpc) is 2.61. The number of carbonyl (C=O) groups is 1. The Morgan fingerprint density at radius 2 is 2.19 bits per heavy atom. The van der Waals surface area contributed by atoms with Crippen molar-refractivity contribution in [3.63, 3.8) is 0 Å². The van der Waals surface area contributed by atoms with Gasteiger partial charge < -0.3 is 0 Å². The molecule has 1 atom stereocenters. The molecule has 0 aliphatic heterocycles. The second kappa shape index (κ2) is 9.07. The van der Waals surface area contributed by atoms with E-state index in [0.29, 0.717) is 14.3 Å². The van der Waals surface area contributed by atoms with Crippen molar-refractivity contribution in [3.8, 4) is 0 Å². The zero-order valence-corrected chi connectivity index (χ0v) is 18.1. The Hall–Kier alpha value is -1.29. The number of nitrogens with one attached hydrogen (secondary N) is 1. The van der Waals surface area contributed by atoms with E-state index in [1.165, 1.54) is 13.1 Å². The van der Waals surface area contributed by atoms with Crippen LogP contribution >= 0.6 is 22.6 Å². The van der Waals surface area contributed by atoms with E-state index in [0.717, 1.165) is 8.25 Å². The fourth-order valence-corrected chi connectivity index (χ4v) is 4.82. The van der Waals surface area contributed by atoms with E-state index in [-0.39, 0.29) is 23.6 Å². The van der Waals surface area contributed by atoms with Crippen LogP contribution in [0.25, 0.3) is 0 Å². The van der Waals surface area contributed by atoms with Gasteiger partial charge in [0.1, 0.15) is 0 Å². The first-order chi connectivity index (χ1) is 12.2. The Morgan fingerprint density at radius 1 is 1.50 bits per heavy atom. The van der Waals surface area contributed by atoms with Crippen LogP contribution in [0.4, 0.5) is 4.39 Å². The molecular formula is C16H17AsFIN3O4. The Kier molecular flexibility index (Phi) is 7.33. The number of hydrogen-bond donors (Lipinski definition) is 3. The van der Waals surface area contributed by atoms with E-state index in [4.69, 9.17) is 5.11 Å². The van der Waals surface area contributed by atoms with Crippen LogP contribution in [0.3, 0.4) is 0 Å². The summed E-state index contributed by atoms with van der Waals surface area (Å²) in [6.45, 7) is 0.929. The summed E-state index contributed by atoms with van der Waals surface area (Å²) in [7, 11) is 1.43. The number of hydrogen-bond acceptors (Lipinski definition) is 5. The number of halogens is 2. The number of benzene rings is 1. The average molecular weight is 536 g/mol. The summed E-state index contributed by atoms with van der Waals surface area (Å²) < 4.78 is 16.9. The fourth-order valence-electron chi connectivity index (χ4n) is 2.11. The predicted molar refractivity (Wildman–Crippen MR) is 104 cm³/mol. The fraction of sp³-hybridized carbons (Fsp3) is 0.312. The molecule has 0 unspecified atom stereocenters. The summed E-state index contributed by atoms with van der Waals surface area (Å²) in [5.74, 6) is -0.980. The molecule has 0 spiro atoms. The third kappa shape index (κ3) is 4.91. The normalized spacial score (nSPS) is 12.5. The number of aryl methyl sites for hydroxylation is 1. The zero-order chi connectivity index (χ0) is 19.4. The van der Waals surface area contributed by atoms with E-state index in [1.54, 1.807) is 19.1 Å². The van der Waals surface area contributed by atoms with Crippen LogP contribution in [0, 0.1) is 16.3 Å². The summed E-state index contributed by atoms with van der Waals surface area (Å²) >= 11 is 1.01.